The van der Waals surface area contributed by atoms with Gasteiger partial charge in [0.05, 0.1) is 12.5 Å². The van der Waals surface area contributed by atoms with Gasteiger partial charge in [-0.2, -0.15) is 0 Å². The Morgan fingerprint density at radius 1 is 1.50 bits per heavy atom. The van der Waals surface area contributed by atoms with Crippen molar-refractivity contribution in [2.75, 3.05) is 11.4 Å². The van der Waals surface area contributed by atoms with E-state index in [0.29, 0.717) is 5.88 Å². The molecule has 0 saturated carbocycles. The summed E-state index contributed by atoms with van der Waals surface area (Å²) >= 11 is 0. The van der Waals surface area contributed by atoms with Gasteiger partial charge in [-0.3, -0.25) is 4.79 Å². The first kappa shape index (κ1) is 14.6. The quantitative estimate of drug-likeness (QED) is 0.889. The standard InChI is InChI=1S/C14H21N3O3/c1-10(2)20-13-8-12(15-9-16-13)17-6-4-3-5-11(17)7-14(18)19/h8-11H,3-7H2,1-2H3,(H,18,19). The molecule has 1 unspecified atom stereocenters. The molecule has 0 spiro atoms. The van der Waals surface area contributed by atoms with Crippen LogP contribution in [0, 0.1) is 0 Å². The molecule has 0 aliphatic carbocycles. The van der Waals surface area contributed by atoms with E-state index in [2.05, 4.69) is 14.9 Å². The van der Waals surface area contributed by atoms with E-state index < -0.39 is 5.97 Å². The predicted molar refractivity (Wildman–Crippen MR) is 75.0 cm³/mol. The lowest BCUT2D eigenvalue weighted by molar-refractivity contribution is -0.137. The van der Waals surface area contributed by atoms with E-state index in [0.717, 1.165) is 31.6 Å². The van der Waals surface area contributed by atoms with Crippen LogP contribution in [0.25, 0.3) is 0 Å². The van der Waals surface area contributed by atoms with Gasteiger partial charge in [0.15, 0.2) is 0 Å². The van der Waals surface area contributed by atoms with Crippen LogP contribution in [0.1, 0.15) is 39.5 Å². The van der Waals surface area contributed by atoms with Gasteiger partial charge in [0.1, 0.15) is 12.1 Å². The molecule has 2 rings (SSSR count). The summed E-state index contributed by atoms with van der Waals surface area (Å²) < 4.78 is 5.57. The fraction of sp³-hybridized carbons (Fsp3) is 0.643. The third-order valence-electron chi connectivity index (χ3n) is 3.32. The van der Waals surface area contributed by atoms with E-state index in [1.807, 2.05) is 13.8 Å². The molecule has 0 radical (unpaired) electrons. The van der Waals surface area contributed by atoms with Crippen LogP contribution in [-0.4, -0.2) is 39.7 Å². The van der Waals surface area contributed by atoms with Gasteiger partial charge in [-0.1, -0.05) is 0 Å². The zero-order chi connectivity index (χ0) is 14.5. The molecule has 1 aromatic heterocycles. The van der Waals surface area contributed by atoms with E-state index in [-0.39, 0.29) is 18.6 Å². The van der Waals surface area contributed by atoms with Gasteiger partial charge in [-0.15, -0.1) is 0 Å². The fourth-order valence-corrected chi connectivity index (χ4v) is 2.51. The molecule has 0 amide bonds. The van der Waals surface area contributed by atoms with Crippen LogP contribution >= 0.6 is 0 Å². The highest BCUT2D eigenvalue weighted by atomic mass is 16.5. The van der Waals surface area contributed by atoms with Crippen molar-refractivity contribution in [3.8, 4) is 5.88 Å². The van der Waals surface area contributed by atoms with E-state index >= 15 is 0 Å². The smallest absolute Gasteiger partial charge is 0.305 e. The number of hydrogen-bond acceptors (Lipinski definition) is 5. The number of aliphatic carboxylic acids is 1. The van der Waals surface area contributed by atoms with Crippen molar-refractivity contribution >= 4 is 11.8 Å². The minimum absolute atomic E-state index is 0.00282. The molecule has 0 bridgehead atoms. The predicted octanol–water partition coefficient (Wildman–Crippen LogP) is 2.10. The van der Waals surface area contributed by atoms with Gasteiger partial charge in [0.25, 0.3) is 0 Å². The minimum atomic E-state index is -0.769. The molecular formula is C14H21N3O3. The highest BCUT2D eigenvalue weighted by Gasteiger charge is 2.26. The number of carboxylic acids is 1. The van der Waals surface area contributed by atoms with E-state index in [9.17, 15) is 4.79 Å². The van der Waals surface area contributed by atoms with Crippen LogP contribution in [0.5, 0.6) is 5.88 Å². The SMILES string of the molecule is CC(C)Oc1cc(N2CCCCC2CC(=O)O)ncn1. The van der Waals surface area contributed by atoms with Crippen LogP contribution in [0.4, 0.5) is 5.82 Å². The molecule has 20 heavy (non-hydrogen) atoms. The molecule has 1 fully saturated rings. The van der Waals surface area contributed by atoms with Crippen molar-refractivity contribution in [3.63, 3.8) is 0 Å². The average molecular weight is 279 g/mol. The fourth-order valence-electron chi connectivity index (χ4n) is 2.51. The number of rotatable bonds is 5. The van der Waals surface area contributed by atoms with Crippen molar-refractivity contribution in [1.29, 1.82) is 0 Å². The Morgan fingerprint density at radius 2 is 2.30 bits per heavy atom. The number of ether oxygens (including phenoxy) is 1. The zero-order valence-electron chi connectivity index (χ0n) is 12.0. The summed E-state index contributed by atoms with van der Waals surface area (Å²) in [6, 6.07) is 1.79. The second-order valence-electron chi connectivity index (χ2n) is 5.32. The maximum atomic E-state index is 11.0. The van der Waals surface area contributed by atoms with Crippen LogP contribution in [0.3, 0.4) is 0 Å². The molecular weight excluding hydrogens is 258 g/mol. The average Bonchev–Trinajstić information content (AvgIpc) is 2.38. The summed E-state index contributed by atoms with van der Waals surface area (Å²) in [7, 11) is 0. The summed E-state index contributed by atoms with van der Waals surface area (Å²) in [5, 5.41) is 9.02. The molecule has 0 aromatic carbocycles. The Hall–Kier alpha value is -1.85. The van der Waals surface area contributed by atoms with Crippen LogP contribution in [0.2, 0.25) is 0 Å². The van der Waals surface area contributed by atoms with Gasteiger partial charge >= 0.3 is 5.97 Å². The third-order valence-corrected chi connectivity index (χ3v) is 3.32. The second kappa shape index (κ2) is 6.54. The minimum Gasteiger partial charge on any atom is -0.481 e. The molecule has 1 saturated heterocycles. The molecule has 1 atom stereocenters. The van der Waals surface area contributed by atoms with E-state index in [1.165, 1.54) is 6.33 Å². The molecule has 1 N–H and O–H groups in total. The first-order valence-electron chi connectivity index (χ1n) is 7.03. The number of carboxylic acid groups (broad SMARTS) is 1. The van der Waals surface area contributed by atoms with Gasteiger partial charge < -0.3 is 14.7 Å². The Morgan fingerprint density at radius 3 is 3.00 bits per heavy atom. The summed E-state index contributed by atoms with van der Waals surface area (Å²) in [6.45, 7) is 4.71. The first-order valence-corrected chi connectivity index (χ1v) is 7.03. The highest BCUT2D eigenvalue weighted by Crippen LogP contribution is 2.26. The van der Waals surface area contributed by atoms with Crippen LogP contribution in [0.15, 0.2) is 12.4 Å². The Labute approximate surface area is 118 Å². The monoisotopic (exact) mass is 279 g/mol. The topological polar surface area (TPSA) is 75.5 Å². The number of carbonyl (C=O) groups is 1. The normalized spacial score (nSPS) is 19.1. The lowest BCUT2D eigenvalue weighted by Gasteiger charge is -2.35. The van der Waals surface area contributed by atoms with E-state index in [4.69, 9.17) is 9.84 Å². The molecule has 2 heterocycles. The van der Waals surface area contributed by atoms with Crippen molar-refractivity contribution in [3.05, 3.63) is 12.4 Å². The first-order chi connectivity index (χ1) is 9.56. The van der Waals surface area contributed by atoms with Gasteiger partial charge in [0, 0.05) is 18.7 Å². The number of anilines is 1. The van der Waals surface area contributed by atoms with Crippen molar-refractivity contribution in [2.24, 2.45) is 0 Å². The maximum Gasteiger partial charge on any atom is 0.305 e. The second-order valence-corrected chi connectivity index (χ2v) is 5.32. The Bertz CT molecular complexity index is 465. The van der Waals surface area contributed by atoms with Crippen molar-refractivity contribution < 1.29 is 14.6 Å². The van der Waals surface area contributed by atoms with Gasteiger partial charge in [0.2, 0.25) is 5.88 Å². The highest BCUT2D eigenvalue weighted by molar-refractivity contribution is 5.68. The summed E-state index contributed by atoms with van der Waals surface area (Å²) in [5.74, 6) is 0.515. The molecule has 110 valence electrons. The molecule has 1 aromatic rings. The zero-order valence-corrected chi connectivity index (χ0v) is 12.0. The van der Waals surface area contributed by atoms with Gasteiger partial charge in [-0.25, -0.2) is 9.97 Å². The largest absolute Gasteiger partial charge is 0.481 e. The Balaban J connectivity index is 2.16. The van der Waals surface area contributed by atoms with Crippen molar-refractivity contribution in [1.82, 2.24) is 9.97 Å². The summed E-state index contributed by atoms with van der Waals surface area (Å²) in [4.78, 5) is 21.4. The van der Waals surface area contributed by atoms with Crippen molar-refractivity contribution in [2.45, 2.75) is 51.7 Å². The number of nitrogens with zero attached hydrogens (tertiary/aromatic N) is 3. The summed E-state index contributed by atoms with van der Waals surface area (Å²) in [5.41, 5.74) is 0. The Kier molecular flexibility index (Phi) is 4.76. The van der Waals surface area contributed by atoms with Crippen LogP contribution in [-0.2, 0) is 4.79 Å². The molecule has 6 nitrogen and oxygen atoms in total. The number of aromatic nitrogens is 2. The molecule has 1 aliphatic rings. The lowest BCUT2D eigenvalue weighted by atomic mass is 9.99. The molecule has 1 aliphatic heterocycles. The van der Waals surface area contributed by atoms with Crippen LogP contribution < -0.4 is 9.64 Å². The number of piperidine rings is 1. The number of hydrogen-bond donors (Lipinski definition) is 1. The molecule has 6 heteroatoms. The van der Waals surface area contributed by atoms with E-state index in [1.54, 1.807) is 6.07 Å². The maximum absolute atomic E-state index is 11.0. The third kappa shape index (κ3) is 3.82. The van der Waals surface area contributed by atoms with Gasteiger partial charge in [-0.05, 0) is 33.1 Å². The lowest BCUT2D eigenvalue weighted by Crippen LogP contribution is -2.41. The summed E-state index contributed by atoms with van der Waals surface area (Å²) in [6.07, 6.45) is 4.67.